The predicted molar refractivity (Wildman–Crippen MR) is 69.8 cm³/mol. The van der Waals surface area contributed by atoms with Crippen molar-refractivity contribution < 1.29 is 9.53 Å². The molecule has 1 aromatic heterocycles. The van der Waals surface area contributed by atoms with Crippen molar-refractivity contribution in [1.29, 1.82) is 0 Å². The van der Waals surface area contributed by atoms with Gasteiger partial charge in [0.05, 0.1) is 6.61 Å². The summed E-state index contributed by atoms with van der Waals surface area (Å²) in [5, 5.41) is 2.78. The maximum Gasteiger partial charge on any atom is 0.323 e. The van der Waals surface area contributed by atoms with E-state index in [0.717, 1.165) is 6.42 Å². The van der Waals surface area contributed by atoms with Crippen LogP contribution in [0.4, 0.5) is 11.9 Å². The fraction of sp³-hybridized carbons (Fsp3) is 0.636. The molecule has 1 aliphatic heterocycles. The van der Waals surface area contributed by atoms with Crippen molar-refractivity contribution in [3.05, 3.63) is 0 Å². The topological polar surface area (TPSA) is 106 Å². The van der Waals surface area contributed by atoms with Crippen molar-refractivity contribution in [2.24, 2.45) is 0 Å². The van der Waals surface area contributed by atoms with Crippen molar-refractivity contribution in [2.45, 2.75) is 26.3 Å². The molecule has 8 heteroatoms. The quantitative estimate of drug-likeness (QED) is 0.761. The lowest BCUT2D eigenvalue weighted by atomic mass is 10.2. The van der Waals surface area contributed by atoms with Crippen LogP contribution in [0, 0.1) is 0 Å². The Morgan fingerprint density at radius 2 is 2.26 bits per heavy atom. The monoisotopic (exact) mass is 266 g/mol. The molecule has 1 aromatic rings. The molecule has 0 aromatic carbocycles. The number of ether oxygens (including phenoxy) is 1. The Morgan fingerprint density at radius 1 is 1.47 bits per heavy atom. The van der Waals surface area contributed by atoms with Gasteiger partial charge in [0.25, 0.3) is 0 Å². The molecule has 1 amide bonds. The maximum absolute atomic E-state index is 11.6. The van der Waals surface area contributed by atoms with Crippen LogP contribution in [0.1, 0.15) is 20.3 Å². The lowest BCUT2D eigenvalue weighted by Gasteiger charge is -2.32. The average molecular weight is 266 g/mol. The Labute approximate surface area is 111 Å². The van der Waals surface area contributed by atoms with E-state index in [9.17, 15) is 4.79 Å². The van der Waals surface area contributed by atoms with Crippen LogP contribution in [0.2, 0.25) is 0 Å². The minimum Gasteiger partial charge on any atom is -0.463 e. The van der Waals surface area contributed by atoms with E-state index in [1.807, 2.05) is 6.92 Å². The van der Waals surface area contributed by atoms with Crippen LogP contribution >= 0.6 is 0 Å². The van der Waals surface area contributed by atoms with Crippen LogP contribution in [0.5, 0.6) is 6.01 Å². The number of carbonyl (C=O) groups excluding carboxylic acids is 1. The molecule has 0 saturated carbocycles. The number of aromatic nitrogens is 3. The van der Waals surface area contributed by atoms with Gasteiger partial charge in [-0.3, -0.25) is 4.79 Å². The number of carbonyl (C=O) groups is 1. The first kappa shape index (κ1) is 13.3. The third kappa shape index (κ3) is 3.01. The first-order valence-electron chi connectivity index (χ1n) is 6.30. The molecule has 1 atom stereocenters. The van der Waals surface area contributed by atoms with E-state index in [2.05, 4.69) is 20.3 Å². The van der Waals surface area contributed by atoms with Crippen molar-refractivity contribution in [3.63, 3.8) is 0 Å². The van der Waals surface area contributed by atoms with E-state index in [1.165, 1.54) is 0 Å². The summed E-state index contributed by atoms with van der Waals surface area (Å²) in [5.41, 5.74) is 5.65. The van der Waals surface area contributed by atoms with Crippen LogP contribution in [0.25, 0.3) is 0 Å². The lowest BCUT2D eigenvalue weighted by Crippen LogP contribution is -2.54. The summed E-state index contributed by atoms with van der Waals surface area (Å²) in [6, 6.07) is -0.142. The Hall–Kier alpha value is -2.12. The Morgan fingerprint density at radius 3 is 3.00 bits per heavy atom. The van der Waals surface area contributed by atoms with Gasteiger partial charge in [0, 0.05) is 13.1 Å². The van der Waals surface area contributed by atoms with E-state index in [-0.39, 0.29) is 23.9 Å². The zero-order valence-electron chi connectivity index (χ0n) is 11.1. The Balaban J connectivity index is 2.23. The highest BCUT2D eigenvalue weighted by molar-refractivity contribution is 5.85. The number of nitrogens with two attached hydrogens (primary N) is 1. The molecular formula is C11H18N6O2. The minimum atomic E-state index is -0.338. The smallest absolute Gasteiger partial charge is 0.323 e. The van der Waals surface area contributed by atoms with Gasteiger partial charge in [-0.1, -0.05) is 6.92 Å². The van der Waals surface area contributed by atoms with Gasteiger partial charge >= 0.3 is 6.01 Å². The molecule has 1 saturated heterocycles. The number of hydrogen-bond acceptors (Lipinski definition) is 7. The molecule has 0 spiro atoms. The van der Waals surface area contributed by atoms with Gasteiger partial charge in [0.2, 0.25) is 17.8 Å². The molecule has 1 unspecified atom stereocenters. The van der Waals surface area contributed by atoms with Crippen molar-refractivity contribution in [1.82, 2.24) is 20.3 Å². The molecule has 104 valence electrons. The summed E-state index contributed by atoms with van der Waals surface area (Å²) in [6.45, 7) is 5.48. The number of nitrogens with one attached hydrogen (secondary N) is 1. The second-order valence-electron chi connectivity index (χ2n) is 4.29. The molecule has 1 fully saturated rings. The standard InChI is InChI=1S/C11H18N6O2/c1-3-6-19-11-15-9(12)14-10(16-11)17-5-4-13-8(18)7(17)2/h7H,3-6H2,1-2H3,(H,13,18)(H2,12,14,15,16). The van der Waals surface area contributed by atoms with Crippen LogP contribution in [0.3, 0.4) is 0 Å². The van der Waals surface area contributed by atoms with Gasteiger partial charge in [-0.05, 0) is 13.3 Å². The first-order valence-corrected chi connectivity index (χ1v) is 6.30. The van der Waals surface area contributed by atoms with E-state index in [0.29, 0.717) is 25.6 Å². The normalized spacial score (nSPS) is 19.2. The van der Waals surface area contributed by atoms with E-state index in [4.69, 9.17) is 10.5 Å². The Kier molecular flexibility index (Phi) is 3.98. The number of amides is 1. The zero-order chi connectivity index (χ0) is 13.8. The molecule has 0 aliphatic carbocycles. The fourth-order valence-electron chi connectivity index (χ4n) is 1.80. The van der Waals surface area contributed by atoms with Crippen LogP contribution in [0.15, 0.2) is 0 Å². The summed E-state index contributed by atoms with van der Waals surface area (Å²) in [4.78, 5) is 25.6. The zero-order valence-corrected chi connectivity index (χ0v) is 11.1. The van der Waals surface area contributed by atoms with Gasteiger partial charge in [0.1, 0.15) is 6.04 Å². The minimum absolute atomic E-state index is 0.0544. The molecule has 0 bridgehead atoms. The van der Waals surface area contributed by atoms with E-state index >= 15 is 0 Å². The molecule has 2 rings (SSSR count). The van der Waals surface area contributed by atoms with Gasteiger partial charge in [0.15, 0.2) is 0 Å². The van der Waals surface area contributed by atoms with E-state index < -0.39 is 0 Å². The fourth-order valence-corrected chi connectivity index (χ4v) is 1.80. The summed E-state index contributed by atoms with van der Waals surface area (Å²) in [5.74, 6) is 0.413. The van der Waals surface area contributed by atoms with E-state index in [1.54, 1.807) is 11.8 Å². The van der Waals surface area contributed by atoms with Gasteiger partial charge in [-0.15, -0.1) is 0 Å². The molecule has 2 heterocycles. The molecule has 1 aliphatic rings. The first-order chi connectivity index (χ1) is 9.11. The number of anilines is 2. The third-order valence-corrected chi connectivity index (χ3v) is 2.81. The van der Waals surface area contributed by atoms with Gasteiger partial charge < -0.3 is 20.7 Å². The number of nitrogen functional groups attached to an aromatic ring is 1. The third-order valence-electron chi connectivity index (χ3n) is 2.81. The van der Waals surface area contributed by atoms with Crippen molar-refractivity contribution in [3.8, 4) is 6.01 Å². The second-order valence-corrected chi connectivity index (χ2v) is 4.29. The van der Waals surface area contributed by atoms with Crippen LogP contribution in [-0.2, 0) is 4.79 Å². The summed E-state index contributed by atoms with van der Waals surface area (Å²) in [6.07, 6.45) is 0.851. The molecule has 3 N–H and O–H groups in total. The average Bonchev–Trinajstić information content (AvgIpc) is 2.39. The number of nitrogens with zero attached hydrogens (tertiary/aromatic N) is 4. The molecule has 0 radical (unpaired) electrons. The lowest BCUT2D eigenvalue weighted by molar-refractivity contribution is -0.122. The highest BCUT2D eigenvalue weighted by Gasteiger charge is 2.28. The molecule has 19 heavy (non-hydrogen) atoms. The summed E-state index contributed by atoms with van der Waals surface area (Å²) in [7, 11) is 0. The second kappa shape index (κ2) is 5.68. The van der Waals surface area contributed by atoms with Crippen molar-refractivity contribution in [2.75, 3.05) is 30.3 Å². The summed E-state index contributed by atoms with van der Waals surface area (Å²) >= 11 is 0. The van der Waals surface area contributed by atoms with Crippen molar-refractivity contribution >= 4 is 17.8 Å². The predicted octanol–water partition coefficient (Wildman–Crippen LogP) is -0.433. The highest BCUT2D eigenvalue weighted by Crippen LogP contribution is 2.17. The number of rotatable bonds is 4. The molecule has 8 nitrogen and oxygen atoms in total. The van der Waals surface area contributed by atoms with Crippen LogP contribution < -0.4 is 20.7 Å². The highest BCUT2D eigenvalue weighted by atomic mass is 16.5. The number of piperazine rings is 1. The maximum atomic E-state index is 11.6. The van der Waals surface area contributed by atoms with Gasteiger partial charge in [-0.2, -0.15) is 15.0 Å². The van der Waals surface area contributed by atoms with Crippen LogP contribution in [-0.4, -0.2) is 46.6 Å². The largest absolute Gasteiger partial charge is 0.463 e. The molecular weight excluding hydrogens is 248 g/mol. The number of hydrogen-bond donors (Lipinski definition) is 2. The van der Waals surface area contributed by atoms with Gasteiger partial charge in [-0.25, -0.2) is 0 Å². The Bertz CT molecular complexity index is 466. The SMILES string of the molecule is CCCOc1nc(N)nc(N2CCNC(=O)C2C)n1. The summed E-state index contributed by atoms with van der Waals surface area (Å²) < 4.78 is 5.36.